The Morgan fingerprint density at radius 1 is 0.946 bits per heavy atom. The highest BCUT2D eigenvalue weighted by atomic mass is 35.5. The first-order valence-corrected chi connectivity index (χ1v) is 12.7. The van der Waals surface area contributed by atoms with Crippen molar-refractivity contribution in [3.05, 3.63) is 94.5 Å². The Hall–Kier alpha value is -3.60. The largest absolute Gasteiger partial charge is 0.484 e. The molecule has 37 heavy (non-hydrogen) atoms. The Morgan fingerprint density at radius 3 is 2.49 bits per heavy atom. The topological polar surface area (TPSA) is 98.1 Å². The molecule has 0 saturated heterocycles. The van der Waals surface area contributed by atoms with Gasteiger partial charge in [0, 0.05) is 10.0 Å². The number of hydrogen-bond acceptors (Lipinski definition) is 6. The molecule has 8 nitrogen and oxygen atoms in total. The van der Waals surface area contributed by atoms with Crippen LogP contribution in [-0.2, 0) is 16.1 Å². The Balaban J connectivity index is 1.43. The number of amides is 2. The van der Waals surface area contributed by atoms with Gasteiger partial charge in [0.2, 0.25) is 5.91 Å². The lowest BCUT2D eigenvalue weighted by atomic mass is 10.3. The van der Waals surface area contributed by atoms with Crippen LogP contribution in [0.25, 0.3) is 5.69 Å². The molecular weight excluding hydrogens is 540 g/mol. The van der Waals surface area contributed by atoms with Gasteiger partial charge in [-0.2, -0.15) is 0 Å². The molecule has 3 aromatic carbocycles. The molecule has 0 radical (unpaired) electrons. The molecule has 0 atom stereocenters. The first-order chi connectivity index (χ1) is 17.9. The lowest BCUT2D eigenvalue weighted by Gasteiger charge is -2.12. The summed E-state index contributed by atoms with van der Waals surface area (Å²) in [4.78, 5) is 24.8. The van der Waals surface area contributed by atoms with Gasteiger partial charge in [0.15, 0.2) is 17.6 Å². The molecule has 4 rings (SSSR count). The van der Waals surface area contributed by atoms with Crippen molar-refractivity contribution in [2.75, 3.05) is 17.7 Å². The third-order valence-electron chi connectivity index (χ3n) is 4.87. The first-order valence-electron chi connectivity index (χ1n) is 10.9. The number of benzene rings is 3. The number of nitrogens with zero attached hydrogens (tertiary/aromatic N) is 3. The molecule has 0 fully saturated rings. The zero-order valence-electron chi connectivity index (χ0n) is 19.2. The van der Waals surface area contributed by atoms with Crippen LogP contribution in [0.4, 0.5) is 10.1 Å². The van der Waals surface area contributed by atoms with E-state index in [1.807, 2.05) is 0 Å². The molecule has 2 amide bonds. The summed E-state index contributed by atoms with van der Waals surface area (Å²) in [5.41, 5.74) is 0.741. The summed E-state index contributed by atoms with van der Waals surface area (Å²) >= 11 is 13.1. The second-order valence-electron chi connectivity index (χ2n) is 7.55. The summed E-state index contributed by atoms with van der Waals surface area (Å²) < 4.78 is 21.0. The van der Waals surface area contributed by atoms with Crippen LogP contribution in [0.5, 0.6) is 5.75 Å². The average Bonchev–Trinajstić information content (AvgIpc) is 3.30. The molecule has 0 bridgehead atoms. The standard InChI is InChI=1S/C25H20Cl2FN5O3S/c26-16-8-10-19(11-9-16)36-14-23(34)29-13-22-31-32-25(33(22)18-5-3-4-17(27)12-18)37-15-24(35)30-21-7-2-1-6-20(21)28/h1-12H,13-15H2,(H,29,34)(H,30,35). The van der Waals surface area contributed by atoms with Gasteiger partial charge in [0.05, 0.1) is 23.7 Å². The molecule has 0 aliphatic carbocycles. The predicted molar refractivity (Wildman–Crippen MR) is 141 cm³/mol. The van der Waals surface area contributed by atoms with Crippen LogP contribution in [0, 0.1) is 5.82 Å². The summed E-state index contributed by atoms with van der Waals surface area (Å²) in [6, 6.07) is 19.6. The van der Waals surface area contributed by atoms with Gasteiger partial charge >= 0.3 is 0 Å². The third kappa shape index (κ3) is 7.45. The van der Waals surface area contributed by atoms with E-state index >= 15 is 0 Å². The van der Waals surface area contributed by atoms with Gasteiger partial charge < -0.3 is 15.4 Å². The van der Waals surface area contributed by atoms with E-state index < -0.39 is 11.7 Å². The summed E-state index contributed by atoms with van der Waals surface area (Å²) in [7, 11) is 0. The van der Waals surface area contributed by atoms with Crippen LogP contribution < -0.4 is 15.4 Å². The van der Waals surface area contributed by atoms with Crippen LogP contribution in [0.15, 0.2) is 78.0 Å². The maximum atomic E-state index is 13.8. The number of rotatable bonds is 10. The van der Waals surface area contributed by atoms with Crippen molar-refractivity contribution >= 4 is 52.5 Å². The molecule has 0 aliphatic rings. The molecule has 0 aliphatic heterocycles. The number of halogens is 3. The van der Waals surface area contributed by atoms with E-state index in [4.69, 9.17) is 27.9 Å². The van der Waals surface area contributed by atoms with E-state index in [0.717, 1.165) is 11.8 Å². The Bertz CT molecular complexity index is 1400. The van der Waals surface area contributed by atoms with E-state index in [1.54, 1.807) is 59.2 Å². The average molecular weight is 560 g/mol. The fraction of sp³-hybridized carbons (Fsp3) is 0.120. The molecule has 0 unspecified atom stereocenters. The molecule has 190 valence electrons. The molecule has 1 aromatic heterocycles. The van der Waals surface area contributed by atoms with Gasteiger partial charge in [0.1, 0.15) is 11.6 Å². The van der Waals surface area contributed by atoms with Crippen molar-refractivity contribution in [3.63, 3.8) is 0 Å². The Morgan fingerprint density at radius 2 is 1.73 bits per heavy atom. The number of nitrogens with one attached hydrogen (secondary N) is 2. The lowest BCUT2D eigenvalue weighted by Crippen LogP contribution is -2.29. The zero-order valence-corrected chi connectivity index (χ0v) is 21.5. The number of carbonyl (C=O) groups excluding carboxylic acids is 2. The van der Waals surface area contributed by atoms with Gasteiger partial charge in [-0.1, -0.05) is 53.2 Å². The van der Waals surface area contributed by atoms with Gasteiger partial charge in [-0.3, -0.25) is 14.2 Å². The van der Waals surface area contributed by atoms with Crippen LogP contribution in [0.3, 0.4) is 0 Å². The van der Waals surface area contributed by atoms with Crippen molar-refractivity contribution in [1.29, 1.82) is 0 Å². The molecule has 0 saturated carbocycles. The van der Waals surface area contributed by atoms with Crippen LogP contribution in [0.1, 0.15) is 5.82 Å². The van der Waals surface area contributed by atoms with E-state index in [1.165, 1.54) is 18.2 Å². The van der Waals surface area contributed by atoms with Gasteiger partial charge in [0.25, 0.3) is 5.91 Å². The summed E-state index contributed by atoms with van der Waals surface area (Å²) in [5.74, 6) is -0.429. The number of aromatic nitrogens is 3. The highest BCUT2D eigenvalue weighted by Gasteiger charge is 2.17. The van der Waals surface area contributed by atoms with E-state index in [2.05, 4.69) is 20.8 Å². The molecule has 0 spiro atoms. The van der Waals surface area contributed by atoms with Crippen molar-refractivity contribution in [3.8, 4) is 11.4 Å². The zero-order chi connectivity index (χ0) is 26.2. The van der Waals surface area contributed by atoms with Crippen LogP contribution >= 0.6 is 35.0 Å². The molecule has 4 aromatic rings. The van der Waals surface area contributed by atoms with Crippen molar-refractivity contribution in [1.82, 2.24) is 20.1 Å². The molecule has 2 N–H and O–H groups in total. The van der Waals surface area contributed by atoms with E-state index in [-0.39, 0.29) is 30.5 Å². The highest BCUT2D eigenvalue weighted by Crippen LogP contribution is 2.24. The summed E-state index contributed by atoms with van der Waals surface area (Å²) in [6.45, 7) is -0.158. The normalized spacial score (nSPS) is 10.7. The Labute approximate surface area is 226 Å². The van der Waals surface area contributed by atoms with E-state index in [9.17, 15) is 14.0 Å². The number of hydrogen-bond donors (Lipinski definition) is 2. The quantitative estimate of drug-likeness (QED) is 0.261. The highest BCUT2D eigenvalue weighted by molar-refractivity contribution is 7.99. The van der Waals surface area contributed by atoms with Gasteiger partial charge in [-0.05, 0) is 54.6 Å². The van der Waals surface area contributed by atoms with Crippen LogP contribution in [0.2, 0.25) is 10.0 Å². The van der Waals surface area contributed by atoms with Crippen LogP contribution in [-0.4, -0.2) is 38.9 Å². The molecular formula is C25H20Cl2FN5O3S. The SMILES string of the molecule is O=C(COc1ccc(Cl)cc1)NCc1nnc(SCC(=O)Nc2ccccc2F)n1-c1cccc(Cl)c1. The predicted octanol–water partition coefficient (Wildman–Crippen LogP) is 5.14. The number of ether oxygens (including phenoxy) is 1. The lowest BCUT2D eigenvalue weighted by molar-refractivity contribution is -0.123. The smallest absolute Gasteiger partial charge is 0.258 e. The summed E-state index contributed by atoms with van der Waals surface area (Å²) in [6.07, 6.45) is 0. The maximum Gasteiger partial charge on any atom is 0.258 e. The second-order valence-corrected chi connectivity index (χ2v) is 9.37. The van der Waals surface area contributed by atoms with Crippen molar-refractivity contribution in [2.45, 2.75) is 11.7 Å². The third-order valence-corrected chi connectivity index (χ3v) is 6.29. The monoisotopic (exact) mass is 559 g/mol. The minimum absolute atomic E-state index is 0.0459. The number of para-hydroxylation sites is 1. The molecule has 12 heteroatoms. The van der Waals surface area contributed by atoms with Gasteiger partial charge in [-0.15, -0.1) is 10.2 Å². The van der Waals surface area contributed by atoms with Gasteiger partial charge in [-0.25, -0.2) is 4.39 Å². The fourth-order valence-electron chi connectivity index (χ4n) is 3.17. The summed E-state index contributed by atoms with van der Waals surface area (Å²) in [5, 5.41) is 15.1. The van der Waals surface area contributed by atoms with Crippen molar-refractivity contribution < 1.29 is 18.7 Å². The Kier molecular flexibility index (Phi) is 8.99. The fourth-order valence-corrected chi connectivity index (χ4v) is 4.25. The molecule has 1 heterocycles. The number of anilines is 1. The maximum absolute atomic E-state index is 13.8. The second kappa shape index (κ2) is 12.6. The van der Waals surface area contributed by atoms with Crippen molar-refractivity contribution in [2.24, 2.45) is 0 Å². The first kappa shape index (κ1) is 26.5. The number of carbonyl (C=O) groups is 2. The minimum Gasteiger partial charge on any atom is -0.484 e. The number of thioether (sulfide) groups is 1. The minimum atomic E-state index is -0.527. The van der Waals surface area contributed by atoms with E-state index in [0.29, 0.717) is 32.5 Å².